The number of imide groups is 1. The van der Waals surface area contributed by atoms with E-state index < -0.39 is 17.4 Å². The number of benzene rings is 1. The van der Waals surface area contributed by atoms with E-state index >= 15 is 0 Å². The third kappa shape index (κ3) is 1.54. The van der Waals surface area contributed by atoms with Crippen LogP contribution >= 0.6 is 11.6 Å². The third-order valence-electron chi connectivity index (χ3n) is 4.74. The van der Waals surface area contributed by atoms with Gasteiger partial charge in [0.2, 0.25) is 11.8 Å². The zero-order valence-corrected chi connectivity index (χ0v) is 12.4. The van der Waals surface area contributed by atoms with Gasteiger partial charge in [-0.3, -0.25) is 9.59 Å². The van der Waals surface area contributed by atoms with Gasteiger partial charge in [0.15, 0.2) is 0 Å². The maximum Gasteiger partial charge on any atom is 0.241 e. The minimum Gasteiger partial charge on any atom is -0.362 e. The van der Waals surface area contributed by atoms with Crippen molar-refractivity contribution in [3.63, 3.8) is 0 Å². The summed E-state index contributed by atoms with van der Waals surface area (Å²) in [5.74, 6) is -1.22. The van der Waals surface area contributed by atoms with Crippen LogP contribution in [0, 0.1) is 18.8 Å². The lowest BCUT2D eigenvalue weighted by Gasteiger charge is -2.24. The predicted molar refractivity (Wildman–Crippen MR) is 78.1 cm³/mol. The van der Waals surface area contributed by atoms with Gasteiger partial charge in [0.25, 0.3) is 0 Å². The summed E-state index contributed by atoms with van der Waals surface area (Å²) in [6.45, 7) is 3.74. The average Bonchev–Trinajstić information content (AvgIpc) is 3.03. The van der Waals surface area contributed by atoms with Crippen molar-refractivity contribution in [2.45, 2.75) is 25.6 Å². The van der Waals surface area contributed by atoms with Crippen molar-refractivity contribution in [1.82, 2.24) is 0 Å². The lowest BCUT2D eigenvalue weighted by Crippen LogP contribution is -2.38. The number of aryl methyl sites for hydroxylation is 1. The summed E-state index contributed by atoms with van der Waals surface area (Å²) in [4.78, 5) is 26.8. The van der Waals surface area contributed by atoms with Gasteiger partial charge in [-0.1, -0.05) is 29.8 Å². The Morgan fingerprint density at radius 2 is 2.05 bits per heavy atom. The Bertz CT molecular complexity index is 713. The zero-order valence-electron chi connectivity index (χ0n) is 11.7. The first-order chi connectivity index (χ1) is 9.92. The smallest absolute Gasteiger partial charge is 0.241 e. The first kappa shape index (κ1) is 13.0. The number of amides is 2. The van der Waals surface area contributed by atoms with Crippen LogP contribution in [0.4, 0.5) is 5.69 Å². The molecule has 0 radical (unpaired) electrons. The van der Waals surface area contributed by atoms with Crippen molar-refractivity contribution in [2.75, 3.05) is 4.90 Å². The lowest BCUT2D eigenvalue weighted by molar-refractivity contribution is -0.126. The molecule has 4 rings (SSSR count). The normalized spacial score (nSPS) is 36.7. The molecule has 2 bridgehead atoms. The molecule has 1 aromatic carbocycles. The Hall–Kier alpha value is -1.65. The first-order valence-corrected chi connectivity index (χ1v) is 7.31. The van der Waals surface area contributed by atoms with Crippen LogP contribution in [0.3, 0.4) is 0 Å². The Morgan fingerprint density at radius 3 is 2.76 bits per heavy atom. The fourth-order valence-electron chi connectivity index (χ4n) is 3.71. The molecule has 0 saturated carbocycles. The highest BCUT2D eigenvalue weighted by Crippen LogP contribution is 2.52. The minimum atomic E-state index is -0.663. The molecule has 4 nitrogen and oxygen atoms in total. The van der Waals surface area contributed by atoms with Gasteiger partial charge in [0.05, 0.1) is 29.2 Å². The molecule has 0 unspecified atom stereocenters. The number of hydrogen-bond donors (Lipinski definition) is 0. The number of carbonyl (C=O) groups is 2. The highest BCUT2D eigenvalue weighted by atomic mass is 35.5. The van der Waals surface area contributed by atoms with E-state index in [1.54, 1.807) is 12.1 Å². The van der Waals surface area contributed by atoms with Gasteiger partial charge >= 0.3 is 0 Å². The van der Waals surface area contributed by atoms with E-state index in [1.807, 2.05) is 32.1 Å². The number of fused-ring (bicyclic) bond motifs is 5. The SMILES string of the molecule is Cc1ccc(Cl)cc1N1C(=O)[C@@H]2[C@@H](C1=O)[C@]1(C)C=C[C@H]2O1. The standard InChI is InChI=1S/C16H14ClNO3/c1-8-3-4-9(17)7-10(8)18-14(19)12-11-5-6-16(2,21-11)13(12)15(18)20/h3-7,11-13H,1-2H3/t11-,12+,13+,16+/m1/s1. The first-order valence-electron chi connectivity index (χ1n) is 6.93. The van der Waals surface area contributed by atoms with E-state index in [0.29, 0.717) is 10.7 Å². The average molecular weight is 304 g/mol. The van der Waals surface area contributed by atoms with E-state index in [2.05, 4.69) is 0 Å². The van der Waals surface area contributed by atoms with Crippen LogP contribution < -0.4 is 4.90 Å². The predicted octanol–water partition coefficient (Wildman–Crippen LogP) is 2.48. The lowest BCUT2D eigenvalue weighted by atomic mass is 9.78. The highest BCUT2D eigenvalue weighted by molar-refractivity contribution is 6.31. The van der Waals surface area contributed by atoms with Crippen LogP contribution in [0.15, 0.2) is 30.4 Å². The Balaban J connectivity index is 1.82. The van der Waals surface area contributed by atoms with E-state index in [0.717, 1.165) is 5.56 Å². The Kier molecular flexibility index (Phi) is 2.46. The number of hydrogen-bond acceptors (Lipinski definition) is 3. The fraction of sp³-hybridized carbons (Fsp3) is 0.375. The molecule has 4 atom stereocenters. The van der Waals surface area contributed by atoms with Gasteiger partial charge in [0, 0.05) is 5.02 Å². The van der Waals surface area contributed by atoms with Gasteiger partial charge in [-0.25, -0.2) is 4.90 Å². The van der Waals surface area contributed by atoms with Gasteiger partial charge in [-0.15, -0.1) is 0 Å². The molecule has 0 N–H and O–H groups in total. The number of halogens is 1. The molecule has 2 amide bonds. The molecule has 0 aromatic heterocycles. The summed E-state index contributed by atoms with van der Waals surface area (Å²) < 4.78 is 5.80. The van der Waals surface area contributed by atoms with Gasteiger partial charge < -0.3 is 4.74 Å². The molecule has 108 valence electrons. The summed E-state index contributed by atoms with van der Waals surface area (Å²) in [5.41, 5.74) is 0.769. The van der Waals surface area contributed by atoms with Crippen molar-refractivity contribution < 1.29 is 14.3 Å². The van der Waals surface area contributed by atoms with E-state index in [9.17, 15) is 9.59 Å². The number of anilines is 1. The summed E-state index contributed by atoms with van der Waals surface area (Å²) >= 11 is 6.02. The quantitative estimate of drug-likeness (QED) is 0.591. The van der Waals surface area contributed by atoms with Gasteiger partial charge in [0.1, 0.15) is 0 Å². The Morgan fingerprint density at radius 1 is 1.29 bits per heavy atom. The van der Waals surface area contributed by atoms with Crippen LogP contribution in [-0.4, -0.2) is 23.5 Å². The van der Waals surface area contributed by atoms with Crippen molar-refractivity contribution in [3.8, 4) is 0 Å². The molecule has 21 heavy (non-hydrogen) atoms. The van der Waals surface area contributed by atoms with Crippen molar-refractivity contribution >= 4 is 29.1 Å². The van der Waals surface area contributed by atoms with Crippen LogP contribution in [0.1, 0.15) is 12.5 Å². The van der Waals surface area contributed by atoms with Gasteiger partial charge in [-0.2, -0.15) is 0 Å². The Labute approximate surface area is 127 Å². The van der Waals surface area contributed by atoms with Crippen LogP contribution in [-0.2, 0) is 14.3 Å². The van der Waals surface area contributed by atoms with Crippen molar-refractivity contribution in [1.29, 1.82) is 0 Å². The maximum absolute atomic E-state index is 12.8. The molecular formula is C16H14ClNO3. The third-order valence-corrected chi connectivity index (χ3v) is 4.98. The van der Waals surface area contributed by atoms with Crippen molar-refractivity contribution in [2.24, 2.45) is 11.8 Å². The van der Waals surface area contributed by atoms with E-state index in [4.69, 9.17) is 16.3 Å². The molecule has 5 heteroatoms. The second kappa shape index (κ2) is 3.96. The molecule has 0 aliphatic carbocycles. The van der Waals surface area contributed by atoms with E-state index in [1.165, 1.54) is 4.90 Å². The monoisotopic (exact) mass is 303 g/mol. The number of nitrogens with zero attached hydrogens (tertiary/aromatic N) is 1. The molecule has 0 spiro atoms. The fourth-order valence-corrected chi connectivity index (χ4v) is 3.88. The summed E-state index contributed by atoms with van der Waals surface area (Å²) in [5, 5.41) is 0.511. The largest absolute Gasteiger partial charge is 0.362 e. The van der Waals surface area contributed by atoms with Crippen LogP contribution in [0.2, 0.25) is 5.02 Å². The topological polar surface area (TPSA) is 46.6 Å². The summed E-state index contributed by atoms with van der Waals surface area (Å²) in [6.07, 6.45) is 3.50. The number of ether oxygens (including phenoxy) is 1. The van der Waals surface area contributed by atoms with Crippen LogP contribution in [0.5, 0.6) is 0 Å². The molecule has 3 heterocycles. The second-order valence-electron chi connectivity index (χ2n) is 6.07. The van der Waals surface area contributed by atoms with Crippen LogP contribution in [0.25, 0.3) is 0 Å². The summed E-state index contributed by atoms with van der Waals surface area (Å²) in [6, 6.07) is 5.24. The molecule has 3 aliphatic rings. The summed E-state index contributed by atoms with van der Waals surface area (Å²) in [7, 11) is 0. The maximum atomic E-state index is 12.8. The van der Waals surface area contributed by atoms with E-state index in [-0.39, 0.29) is 17.9 Å². The molecule has 3 aliphatic heterocycles. The van der Waals surface area contributed by atoms with Crippen molar-refractivity contribution in [3.05, 3.63) is 40.9 Å². The highest BCUT2D eigenvalue weighted by Gasteiger charge is 2.66. The second-order valence-corrected chi connectivity index (χ2v) is 6.51. The minimum absolute atomic E-state index is 0.187. The van der Waals surface area contributed by atoms with Gasteiger partial charge in [-0.05, 0) is 31.5 Å². The zero-order chi connectivity index (χ0) is 14.9. The molecular weight excluding hydrogens is 290 g/mol. The molecule has 2 fully saturated rings. The molecule has 1 aromatic rings. The number of rotatable bonds is 1. The number of carbonyl (C=O) groups excluding carboxylic acids is 2. The molecule has 2 saturated heterocycles.